The highest BCUT2D eigenvalue weighted by atomic mass is 19.1. The molecule has 2 amide bonds. The van der Waals surface area contributed by atoms with Crippen LogP contribution in [0.4, 0.5) is 14.9 Å². The van der Waals surface area contributed by atoms with Crippen molar-refractivity contribution in [3.63, 3.8) is 0 Å². The number of carbonyl (C=O) groups excluding carboxylic acids is 1. The number of anilines is 1. The molecule has 2 aliphatic rings. The van der Waals surface area contributed by atoms with Gasteiger partial charge in [0.15, 0.2) is 0 Å². The predicted molar refractivity (Wildman–Crippen MR) is 100 cm³/mol. The van der Waals surface area contributed by atoms with Crippen LogP contribution in [0.1, 0.15) is 18.4 Å². The van der Waals surface area contributed by atoms with Gasteiger partial charge in [0.1, 0.15) is 5.82 Å². The van der Waals surface area contributed by atoms with E-state index in [0.717, 1.165) is 25.9 Å². The molecule has 0 aliphatic carbocycles. The van der Waals surface area contributed by atoms with E-state index in [9.17, 15) is 9.18 Å². The fourth-order valence-corrected chi connectivity index (χ4v) is 4.06. The van der Waals surface area contributed by atoms with E-state index in [1.54, 1.807) is 23.1 Å². The fraction of sp³-hybridized carbons (Fsp3) is 0.381. The second kappa shape index (κ2) is 7.46. The van der Waals surface area contributed by atoms with Crippen molar-refractivity contribution in [2.75, 3.05) is 31.1 Å². The molecule has 2 heterocycles. The summed E-state index contributed by atoms with van der Waals surface area (Å²) in [5, 5.41) is 3.98. The lowest BCUT2D eigenvalue weighted by Crippen LogP contribution is -2.50. The Morgan fingerprint density at radius 1 is 0.962 bits per heavy atom. The molecule has 26 heavy (non-hydrogen) atoms. The number of carbonyl (C=O) groups is 1. The van der Waals surface area contributed by atoms with E-state index >= 15 is 0 Å². The maximum absolute atomic E-state index is 14.1. The minimum absolute atomic E-state index is 0.115. The molecule has 5 heteroatoms. The number of hydrazine groups is 1. The molecule has 0 bridgehead atoms. The molecule has 1 atom stereocenters. The molecule has 0 saturated carbocycles. The number of hydrogen-bond acceptors (Lipinski definition) is 2. The summed E-state index contributed by atoms with van der Waals surface area (Å²) in [6.07, 6.45) is 3.31. The van der Waals surface area contributed by atoms with Gasteiger partial charge in [-0.05, 0) is 42.9 Å². The Labute approximate surface area is 153 Å². The molecule has 2 aromatic rings. The quantitative estimate of drug-likeness (QED) is 0.832. The minimum Gasteiger partial charge on any atom is -0.288 e. The van der Waals surface area contributed by atoms with Crippen LogP contribution in [0, 0.1) is 11.7 Å². The van der Waals surface area contributed by atoms with Crippen molar-refractivity contribution in [3.8, 4) is 0 Å². The summed E-state index contributed by atoms with van der Waals surface area (Å²) in [5.74, 6) is 0.199. The van der Waals surface area contributed by atoms with Gasteiger partial charge in [-0.2, -0.15) is 0 Å². The van der Waals surface area contributed by atoms with E-state index in [2.05, 4.69) is 29.3 Å². The van der Waals surface area contributed by atoms with Crippen molar-refractivity contribution in [2.45, 2.75) is 19.3 Å². The van der Waals surface area contributed by atoms with Crippen molar-refractivity contribution in [1.29, 1.82) is 0 Å². The summed E-state index contributed by atoms with van der Waals surface area (Å²) >= 11 is 0. The van der Waals surface area contributed by atoms with Crippen LogP contribution in [0.25, 0.3) is 0 Å². The van der Waals surface area contributed by atoms with Crippen LogP contribution in [-0.2, 0) is 6.42 Å². The Bertz CT molecular complexity index is 767. The van der Waals surface area contributed by atoms with Gasteiger partial charge in [0.2, 0.25) is 0 Å². The summed E-state index contributed by atoms with van der Waals surface area (Å²) in [4.78, 5) is 14.4. The molecule has 0 unspecified atom stereocenters. The molecular formula is C21H24FN3O. The van der Waals surface area contributed by atoms with Gasteiger partial charge < -0.3 is 0 Å². The maximum Gasteiger partial charge on any atom is 0.339 e. The van der Waals surface area contributed by atoms with Gasteiger partial charge in [-0.3, -0.25) is 9.91 Å². The fourth-order valence-electron chi connectivity index (χ4n) is 4.06. The first-order valence-corrected chi connectivity index (χ1v) is 9.35. The van der Waals surface area contributed by atoms with Crippen LogP contribution < -0.4 is 4.90 Å². The zero-order valence-corrected chi connectivity index (χ0v) is 14.9. The first-order valence-electron chi connectivity index (χ1n) is 9.35. The lowest BCUT2D eigenvalue weighted by Gasteiger charge is -2.38. The second-order valence-electron chi connectivity index (χ2n) is 7.12. The van der Waals surface area contributed by atoms with Gasteiger partial charge in [0.05, 0.1) is 12.2 Å². The van der Waals surface area contributed by atoms with Gasteiger partial charge in [0.25, 0.3) is 0 Å². The molecule has 0 spiro atoms. The molecule has 0 N–H and O–H groups in total. The summed E-state index contributed by atoms with van der Waals surface area (Å²) in [7, 11) is 0. The number of urea groups is 1. The van der Waals surface area contributed by atoms with Crippen molar-refractivity contribution < 1.29 is 9.18 Å². The number of piperidine rings is 1. The lowest BCUT2D eigenvalue weighted by molar-refractivity contribution is -0.00403. The Balaban J connectivity index is 1.43. The molecule has 4 rings (SSSR count). The Morgan fingerprint density at radius 3 is 2.54 bits per heavy atom. The van der Waals surface area contributed by atoms with E-state index in [1.165, 1.54) is 18.1 Å². The zero-order chi connectivity index (χ0) is 17.9. The van der Waals surface area contributed by atoms with Gasteiger partial charge in [-0.1, -0.05) is 42.5 Å². The first kappa shape index (κ1) is 17.0. The summed E-state index contributed by atoms with van der Waals surface area (Å²) < 4.78 is 14.1. The number of nitrogens with zero attached hydrogens (tertiary/aromatic N) is 3. The molecule has 2 fully saturated rings. The number of para-hydroxylation sites is 1. The number of amides is 2. The molecule has 0 radical (unpaired) electrons. The van der Waals surface area contributed by atoms with Crippen molar-refractivity contribution >= 4 is 11.7 Å². The van der Waals surface area contributed by atoms with Crippen LogP contribution in [0.2, 0.25) is 0 Å². The maximum atomic E-state index is 14.1. The van der Waals surface area contributed by atoms with Crippen LogP contribution in [-0.4, -0.2) is 42.2 Å². The lowest BCUT2D eigenvalue weighted by atomic mass is 9.92. The average Bonchev–Trinajstić information content (AvgIpc) is 3.04. The van der Waals surface area contributed by atoms with Crippen LogP contribution in [0.3, 0.4) is 0 Å². The Kier molecular flexibility index (Phi) is 4.89. The highest BCUT2D eigenvalue weighted by Crippen LogP contribution is 2.27. The molecule has 136 valence electrons. The summed E-state index contributed by atoms with van der Waals surface area (Å²) in [6.45, 7) is 2.92. The second-order valence-corrected chi connectivity index (χ2v) is 7.12. The summed E-state index contributed by atoms with van der Waals surface area (Å²) in [6, 6.07) is 16.9. The van der Waals surface area contributed by atoms with E-state index in [4.69, 9.17) is 0 Å². The van der Waals surface area contributed by atoms with Crippen molar-refractivity contribution in [3.05, 3.63) is 66.0 Å². The molecular weight excluding hydrogens is 329 g/mol. The molecule has 0 aromatic heterocycles. The van der Waals surface area contributed by atoms with Crippen LogP contribution in [0.5, 0.6) is 0 Å². The topological polar surface area (TPSA) is 26.8 Å². The van der Waals surface area contributed by atoms with Crippen molar-refractivity contribution in [2.24, 2.45) is 5.92 Å². The molecule has 2 saturated heterocycles. The standard InChI is InChI=1S/C21H24FN3O/c22-19-10-4-5-11-20(19)24-13-14-25(21(24)26)23-12-6-9-18(16-23)15-17-7-2-1-3-8-17/h1-5,7-8,10-11,18H,6,9,12-16H2/t18-/m1/s1. The van der Waals surface area contributed by atoms with E-state index in [-0.39, 0.29) is 11.8 Å². The Morgan fingerprint density at radius 2 is 1.73 bits per heavy atom. The molecule has 2 aliphatic heterocycles. The average molecular weight is 353 g/mol. The number of hydrogen-bond donors (Lipinski definition) is 0. The van der Waals surface area contributed by atoms with E-state index < -0.39 is 0 Å². The largest absolute Gasteiger partial charge is 0.339 e. The third-order valence-corrected chi connectivity index (χ3v) is 5.34. The SMILES string of the molecule is O=C1N(c2ccccc2F)CCN1N1CCC[C@H](Cc2ccccc2)C1. The highest BCUT2D eigenvalue weighted by molar-refractivity contribution is 5.93. The normalized spacial score (nSPS) is 21.4. The van der Waals surface area contributed by atoms with Gasteiger partial charge in [-0.15, -0.1) is 0 Å². The minimum atomic E-state index is -0.344. The van der Waals surface area contributed by atoms with Crippen LogP contribution in [0.15, 0.2) is 54.6 Å². The monoisotopic (exact) mass is 353 g/mol. The van der Waals surface area contributed by atoms with Crippen LogP contribution >= 0.6 is 0 Å². The molecule has 4 nitrogen and oxygen atoms in total. The summed E-state index contributed by atoms with van der Waals surface area (Å²) in [5.41, 5.74) is 1.72. The highest BCUT2D eigenvalue weighted by Gasteiger charge is 2.36. The van der Waals surface area contributed by atoms with Gasteiger partial charge in [0, 0.05) is 19.6 Å². The number of halogens is 1. The third kappa shape index (κ3) is 3.44. The van der Waals surface area contributed by atoms with Gasteiger partial charge in [-0.25, -0.2) is 14.2 Å². The first-order chi connectivity index (χ1) is 12.7. The number of benzene rings is 2. The zero-order valence-electron chi connectivity index (χ0n) is 14.9. The van der Waals surface area contributed by atoms with Crippen molar-refractivity contribution in [1.82, 2.24) is 10.0 Å². The smallest absolute Gasteiger partial charge is 0.288 e. The number of rotatable bonds is 4. The Hall–Kier alpha value is -2.40. The molecule has 2 aromatic carbocycles. The third-order valence-electron chi connectivity index (χ3n) is 5.34. The van der Waals surface area contributed by atoms with E-state index in [0.29, 0.717) is 24.7 Å². The van der Waals surface area contributed by atoms with Gasteiger partial charge >= 0.3 is 6.03 Å². The predicted octanol–water partition coefficient (Wildman–Crippen LogP) is 3.94. The van der Waals surface area contributed by atoms with E-state index in [1.807, 2.05) is 11.1 Å².